The second-order valence-electron chi connectivity index (χ2n) is 3.94. The van der Waals surface area contributed by atoms with Crippen molar-refractivity contribution in [3.05, 3.63) is 48.0 Å². The second kappa shape index (κ2) is 5.35. The van der Waals surface area contributed by atoms with Crippen molar-refractivity contribution in [3.63, 3.8) is 0 Å². The van der Waals surface area contributed by atoms with Gasteiger partial charge in [0.2, 0.25) is 5.76 Å². The lowest BCUT2D eigenvalue weighted by molar-refractivity contribution is 0.0663. The highest BCUT2D eigenvalue weighted by Crippen LogP contribution is 2.17. The van der Waals surface area contributed by atoms with Crippen LogP contribution < -0.4 is 4.90 Å². The van der Waals surface area contributed by atoms with E-state index in [1.807, 2.05) is 30.1 Å². The quantitative estimate of drug-likeness (QED) is 0.874. The number of aromatic nitrogens is 1. The molecule has 5 heteroatoms. The molecular formula is C13H14N2O3. The molecule has 0 aliphatic carbocycles. The summed E-state index contributed by atoms with van der Waals surface area (Å²) in [7, 11) is 1.85. The standard InChI is InChI=1S/C13H14N2O3/c1-15(9-7-10-4-2-3-8-14-10)12-6-5-11(18-12)13(16)17/h2-6,8H,7,9H2,1H3,(H,16,17). The first-order valence-corrected chi connectivity index (χ1v) is 5.61. The smallest absolute Gasteiger partial charge is 0.371 e. The van der Waals surface area contributed by atoms with Crippen LogP contribution in [0, 0.1) is 0 Å². The molecule has 0 saturated carbocycles. The summed E-state index contributed by atoms with van der Waals surface area (Å²) < 4.78 is 5.20. The third kappa shape index (κ3) is 2.88. The van der Waals surface area contributed by atoms with E-state index in [0.29, 0.717) is 12.4 Å². The van der Waals surface area contributed by atoms with Gasteiger partial charge in [0, 0.05) is 38.0 Å². The number of rotatable bonds is 5. The number of aromatic carboxylic acids is 1. The minimum Gasteiger partial charge on any atom is -0.475 e. The summed E-state index contributed by atoms with van der Waals surface area (Å²) in [5.74, 6) is -0.558. The zero-order valence-corrected chi connectivity index (χ0v) is 10.0. The summed E-state index contributed by atoms with van der Waals surface area (Å²) in [6, 6.07) is 8.88. The van der Waals surface area contributed by atoms with E-state index in [9.17, 15) is 4.79 Å². The molecule has 18 heavy (non-hydrogen) atoms. The van der Waals surface area contributed by atoms with Crippen LogP contribution in [0.4, 0.5) is 5.88 Å². The summed E-state index contributed by atoms with van der Waals surface area (Å²) in [4.78, 5) is 16.8. The number of pyridine rings is 1. The van der Waals surface area contributed by atoms with Gasteiger partial charge in [0.15, 0.2) is 5.88 Å². The van der Waals surface area contributed by atoms with Crippen LogP contribution >= 0.6 is 0 Å². The van der Waals surface area contributed by atoms with Crippen molar-refractivity contribution in [2.24, 2.45) is 0 Å². The molecule has 0 amide bonds. The Balaban J connectivity index is 1.95. The molecule has 2 heterocycles. The molecule has 2 rings (SSSR count). The molecule has 1 N–H and O–H groups in total. The van der Waals surface area contributed by atoms with Gasteiger partial charge in [-0.05, 0) is 18.2 Å². The lowest BCUT2D eigenvalue weighted by Crippen LogP contribution is -2.20. The van der Waals surface area contributed by atoms with E-state index in [4.69, 9.17) is 9.52 Å². The second-order valence-corrected chi connectivity index (χ2v) is 3.94. The van der Waals surface area contributed by atoms with Gasteiger partial charge in [0.25, 0.3) is 0 Å². The number of carboxylic acids is 1. The van der Waals surface area contributed by atoms with E-state index in [1.165, 1.54) is 6.07 Å². The predicted molar refractivity (Wildman–Crippen MR) is 66.9 cm³/mol. The zero-order valence-electron chi connectivity index (χ0n) is 10.0. The van der Waals surface area contributed by atoms with Crippen LogP contribution in [0.1, 0.15) is 16.2 Å². The van der Waals surface area contributed by atoms with Crippen LogP contribution in [0.5, 0.6) is 0 Å². The molecule has 0 spiro atoms. The Labute approximate surface area is 105 Å². The molecule has 5 nitrogen and oxygen atoms in total. The normalized spacial score (nSPS) is 10.3. The summed E-state index contributed by atoms with van der Waals surface area (Å²) in [5.41, 5.74) is 0.995. The SMILES string of the molecule is CN(CCc1ccccn1)c1ccc(C(=O)O)o1. The average molecular weight is 246 g/mol. The number of furan rings is 1. The molecule has 0 atom stereocenters. The summed E-state index contributed by atoms with van der Waals surface area (Å²) in [6.45, 7) is 0.712. The van der Waals surface area contributed by atoms with Crippen LogP contribution in [0.2, 0.25) is 0 Å². The van der Waals surface area contributed by atoms with Gasteiger partial charge in [-0.25, -0.2) is 4.79 Å². The fraction of sp³-hybridized carbons (Fsp3) is 0.231. The zero-order chi connectivity index (χ0) is 13.0. The van der Waals surface area contributed by atoms with Crippen molar-refractivity contribution in [2.75, 3.05) is 18.5 Å². The Hall–Kier alpha value is -2.30. The van der Waals surface area contributed by atoms with Crippen molar-refractivity contribution in [1.82, 2.24) is 4.98 Å². The Kier molecular flexibility index (Phi) is 3.62. The van der Waals surface area contributed by atoms with Crippen molar-refractivity contribution in [2.45, 2.75) is 6.42 Å². The summed E-state index contributed by atoms with van der Waals surface area (Å²) in [5, 5.41) is 8.77. The maximum Gasteiger partial charge on any atom is 0.371 e. The number of nitrogens with zero attached hydrogens (tertiary/aromatic N) is 2. The van der Waals surface area contributed by atoms with E-state index in [2.05, 4.69) is 4.98 Å². The van der Waals surface area contributed by atoms with Crippen LogP contribution in [-0.2, 0) is 6.42 Å². The van der Waals surface area contributed by atoms with E-state index >= 15 is 0 Å². The van der Waals surface area contributed by atoms with Gasteiger partial charge in [-0.1, -0.05) is 6.07 Å². The molecule has 0 aliphatic heterocycles. The molecule has 0 unspecified atom stereocenters. The number of anilines is 1. The summed E-state index contributed by atoms with van der Waals surface area (Å²) in [6.07, 6.45) is 2.53. The third-order valence-electron chi connectivity index (χ3n) is 2.61. The lowest BCUT2D eigenvalue weighted by atomic mass is 10.2. The van der Waals surface area contributed by atoms with Crippen molar-refractivity contribution in [1.29, 1.82) is 0 Å². The summed E-state index contributed by atoms with van der Waals surface area (Å²) >= 11 is 0. The fourth-order valence-electron chi connectivity index (χ4n) is 1.59. The van der Waals surface area contributed by atoms with Crippen molar-refractivity contribution < 1.29 is 14.3 Å². The number of likely N-dealkylation sites (N-methyl/N-ethyl adjacent to an activating group) is 1. The van der Waals surface area contributed by atoms with Crippen molar-refractivity contribution in [3.8, 4) is 0 Å². The molecule has 0 aliphatic rings. The Bertz CT molecular complexity index is 522. The molecule has 0 radical (unpaired) electrons. The maximum atomic E-state index is 10.7. The molecule has 0 aromatic carbocycles. The first kappa shape index (κ1) is 12.2. The molecule has 2 aromatic heterocycles. The number of carbonyl (C=O) groups is 1. The van der Waals surface area contributed by atoms with Gasteiger partial charge in [-0.15, -0.1) is 0 Å². The predicted octanol–water partition coefficient (Wildman–Crippen LogP) is 2.05. The third-order valence-corrected chi connectivity index (χ3v) is 2.61. The van der Waals surface area contributed by atoms with Gasteiger partial charge in [0.05, 0.1) is 0 Å². The Morgan fingerprint density at radius 3 is 2.83 bits per heavy atom. The number of hydrogen-bond donors (Lipinski definition) is 1. The van der Waals surface area contributed by atoms with Gasteiger partial charge in [-0.2, -0.15) is 0 Å². The number of hydrogen-bond acceptors (Lipinski definition) is 4. The highest BCUT2D eigenvalue weighted by Gasteiger charge is 2.11. The topological polar surface area (TPSA) is 66.6 Å². The van der Waals surface area contributed by atoms with Crippen LogP contribution in [0.3, 0.4) is 0 Å². The Morgan fingerprint density at radius 2 is 2.22 bits per heavy atom. The number of carboxylic acid groups (broad SMARTS) is 1. The minimum absolute atomic E-state index is 0.0466. The van der Waals surface area contributed by atoms with Gasteiger partial charge >= 0.3 is 5.97 Å². The van der Waals surface area contributed by atoms with Crippen LogP contribution in [-0.4, -0.2) is 29.7 Å². The molecule has 0 fully saturated rings. The van der Waals surface area contributed by atoms with E-state index < -0.39 is 5.97 Å². The monoisotopic (exact) mass is 246 g/mol. The van der Waals surface area contributed by atoms with E-state index in [0.717, 1.165) is 12.1 Å². The highest BCUT2D eigenvalue weighted by atomic mass is 16.4. The largest absolute Gasteiger partial charge is 0.475 e. The average Bonchev–Trinajstić information content (AvgIpc) is 2.87. The van der Waals surface area contributed by atoms with Gasteiger partial charge in [-0.3, -0.25) is 4.98 Å². The fourth-order valence-corrected chi connectivity index (χ4v) is 1.59. The maximum absolute atomic E-state index is 10.7. The van der Waals surface area contributed by atoms with Crippen LogP contribution in [0.25, 0.3) is 0 Å². The van der Waals surface area contributed by atoms with Gasteiger partial charge in [0.1, 0.15) is 0 Å². The van der Waals surface area contributed by atoms with Crippen LogP contribution in [0.15, 0.2) is 40.9 Å². The molecular weight excluding hydrogens is 232 g/mol. The van der Waals surface area contributed by atoms with E-state index in [1.54, 1.807) is 12.3 Å². The first-order valence-electron chi connectivity index (χ1n) is 5.61. The Morgan fingerprint density at radius 1 is 1.39 bits per heavy atom. The van der Waals surface area contributed by atoms with Gasteiger partial charge < -0.3 is 14.4 Å². The molecule has 2 aromatic rings. The molecule has 94 valence electrons. The lowest BCUT2D eigenvalue weighted by Gasteiger charge is -2.15. The minimum atomic E-state index is -1.06. The first-order chi connectivity index (χ1) is 8.66. The molecule has 0 bridgehead atoms. The highest BCUT2D eigenvalue weighted by molar-refractivity contribution is 5.84. The van der Waals surface area contributed by atoms with E-state index in [-0.39, 0.29) is 5.76 Å². The molecule has 0 saturated heterocycles. The van der Waals surface area contributed by atoms with Crippen molar-refractivity contribution >= 4 is 11.9 Å².